The Hall–Kier alpha value is -1.38. The fourth-order valence-corrected chi connectivity index (χ4v) is 4.52. The van der Waals surface area contributed by atoms with Crippen LogP contribution in [0.2, 0.25) is 0 Å². The molecule has 3 fully saturated rings. The second-order valence-electron chi connectivity index (χ2n) is 6.45. The van der Waals surface area contributed by atoms with Crippen molar-refractivity contribution in [3.63, 3.8) is 0 Å². The summed E-state index contributed by atoms with van der Waals surface area (Å²) in [5.41, 5.74) is 2.75. The van der Waals surface area contributed by atoms with Gasteiger partial charge in [-0.25, -0.2) is 4.79 Å². The molecule has 1 aliphatic heterocycles. The number of carbonyl (C=O) groups is 2. The van der Waals surface area contributed by atoms with Crippen LogP contribution in [0.5, 0.6) is 0 Å². The van der Waals surface area contributed by atoms with Gasteiger partial charge in [0.05, 0.1) is 0 Å². The van der Waals surface area contributed by atoms with Gasteiger partial charge in [0.1, 0.15) is 6.10 Å². The fraction of sp³-hybridized carbons (Fsp3) is 0.600. The van der Waals surface area contributed by atoms with E-state index in [1.54, 1.807) is 0 Å². The number of carbonyl (C=O) groups excluding carboxylic acids is 2. The number of Topliss-reactive ketones (excluding diaryl/α,β-unsaturated/α-hetero) is 1. The molecule has 0 aromatic carbocycles. The van der Waals surface area contributed by atoms with Crippen molar-refractivity contribution >= 4 is 11.8 Å². The highest BCUT2D eigenvalue weighted by atomic mass is 16.6. The van der Waals surface area contributed by atoms with Crippen molar-refractivity contribution in [2.75, 3.05) is 0 Å². The lowest BCUT2D eigenvalue weighted by molar-refractivity contribution is -0.138. The first kappa shape index (κ1) is 10.5. The Labute approximate surface area is 106 Å². The van der Waals surface area contributed by atoms with E-state index in [9.17, 15) is 9.59 Å². The molecule has 1 saturated heterocycles. The normalized spacial score (nSPS) is 48.9. The molecule has 5 atom stereocenters. The average Bonchev–Trinajstić information content (AvgIpc) is 2.79. The highest BCUT2D eigenvalue weighted by Gasteiger charge is 2.70. The minimum Gasteiger partial charge on any atom is -0.454 e. The molecule has 3 aliphatic carbocycles. The van der Waals surface area contributed by atoms with Crippen molar-refractivity contribution in [1.82, 2.24) is 0 Å². The van der Waals surface area contributed by atoms with Crippen LogP contribution < -0.4 is 0 Å². The van der Waals surface area contributed by atoms with Crippen LogP contribution in [0.3, 0.4) is 0 Å². The van der Waals surface area contributed by atoms with Gasteiger partial charge in [-0.05, 0) is 41.7 Å². The van der Waals surface area contributed by atoms with Crippen LogP contribution in [0.15, 0.2) is 23.3 Å². The Kier molecular flexibility index (Phi) is 1.63. The van der Waals surface area contributed by atoms with E-state index in [2.05, 4.69) is 13.5 Å². The number of allylic oxidation sites excluding steroid dienone is 1. The summed E-state index contributed by atoms with van der Waals surface area (Å²) in [6.07, 6.45) is 1.52. The van der Waals surface area contributed by atoms with Crippen molar-refractivity contribution in [2.24, 2.45) is 23.2 Å². The van der Waals surface area contributed by atoms with E-state index < -0.39 is 0 Å². The van der Waals surface area contributed by atoms with E-state index in [0.29, 0.717) is 23.8 Å². The number of hydrogen-bond acceptors (Lipinski definition) is 3. The highest BCUT2D eigenvalue weighted by Crippen LogP contribution is 2.72. The Morgan fingerprint density at radius 3 is 2.83 bits per heavy atom. The summed E-state index contributed by atoms with van der Waals surface area (Å²) in [6, 6.07) is 0. The second kappa shape index (κ2) is 2.79. The molecule has 3 heteroatoms. The number of esters is 1. The molecule has 3 nitrogen and oxygen atoms in total. The monoisotopic (exact) mass is 244 g/mol. The van der Waals surface area contributed by atoms with Gasteiger partial charge in [0.2, 0.25) is 0 Å². The Morgan fingerprint density at radius 2 is 2.11 bits per heavy atom. The third kappa shape index (κ3) is 0.943. The third-order valence-corrected chi connectivity index (χ3v) is 5.72. The number of ketones is 1. The van der Waals surface area contributed by atoms with Crippen molar-refractivity contribution in [3.8, 4) is 0 Å². The maximum Gasteiger partial charge on any atom is 0.334 e. The van der Waals surface area contributed by atoms with Crippen molar-refractivity contribution in [2.45, 2.75) is 32.8 Å². The molecule has 18 heavy (non-hydrogen) atoms. The van der Waals surface area contributed by atoms with Gasteiger partial charge in [-0.2, -0.15) is 0 Å². The van der Waals surface area contributed by atoms with Crippen LogP contribution >= 0.6 is 0 Å². The van der Waals surface area contributed by atoms with Gasteiger partial charge in [0, 0.05) is 17.9 Å². The molecule has 2 saturated carbocycles. The maximum atomic E-state index is 12.0. The molecular formula is C15H16O3. The molecule has 0 unspecified atom stereocenters. The van der Waals surface area contributed by atoms with E-state index in [-0.39, 0.29) is 29.2 Å². The maximum absolute atomic E-state index is 12.0. The summed E-state index contributed by atoms with van der Waals surface area (Å²) in [7, 11) is 0. The zero-order valence-corrected chi connectivity index (χ0v) is 10.7. The SMILES string of the molecule is C=C1C(=O)O[C@H]2C3=C(C)C(=O)C[C@H]3[C@]3(C)C[C@@H]3[C@@H]12. The molecule has 0 spiro atoms. The van der Waals surface area contributed by atoms with Gasteiger partial charge in [-0.1, -0.05) is 13.5 Å². The Bertz CT molecular complexity index is 556. The van der Waals surface area contributed by atoms with E-state index in [0.717, 1.165) is 17.6 Å². The first-order valence-corrected chi connectivity index (χ1v) is 6.59. The summed E-state index contributed by atoms with van der Waals surface area (Å²) < 4.78 is 5.50. The molecule has 0 bridgehead atoms. The Balaban J connectivity index is 1.90. The number of ether oxygens (including phenoxy) is 1. The van der Waals surface area contributed by atoms with Gasteiger partial charge in [-0.3, -0.25) is 4.79 Å². The summed E-state index contributed by atoms with van der Waals surface area (Å²) >= 11 is 0. The minimum absolute atomic E-state index is 0.120. The number of hydrogen-bond donors (Lipinski definition) is 0. The lowest BCUT2D eigenvalue weighted by atomic mass is 9.69. The molecule has 94 valence electrons. The molecule has 0 amide bonds. The third-order valence-electron chi connectivity index (χ3n) is 5.72. The molecule has 0 aromatic heterocycles. The molecule has 1 heterocycles. The summed E-state index contributed by atoms with van der Waals surface area (Å²) in [5.74, 6) is 0.870. The van der Waals surface area contributed by atoms with Crippen LogP contribution in [0.4, 0.5) is 0 Å². The Morgan fingerprint density at radius 1 is 1.39 bits per heavy atom. The second-order valence-corrected chi connectivity index (χ2v) is 6.45. The summed E-state index contributed by atoms with van der Waals surface area (Å²) in [5, 5.41) is 0. The van der Waals surface area contributed by atoms with Crippen LogP contribution in [0, 0.1) is 23.2 Å². The lowest BCUT2D eigenvalue weighted by Gasteiger charge is -2.35. The fourth-order valence-electron chi connectivity index (χ4n) is 4.52. The molecule has 4 aliphatic rings. The standard InChI is InChI=1S/C15H16O3/c1-6-10(16)4-8-11(6)13-12(7(2)14(17)18-13)9-5-15(8,9)3/h8-9,12-13H,2,4-5H2,1,3H3/t8-,9-,12-,13+,15+/m1/s1. The zero-order chi connectivity index (χ0) is 12.8. The van der Waals surface area contributed by atoms with Crippen molar-refractivity contribution in [1.29, 1.82) is 0 Å². The van der Waals surface area contributed by atoms with Crippen LogP contribution in [-0.2, 0) is 14.3 Å². The molecule has 4 rings (SSSR count). The van der Waals surface area contributed by atoms with Crippen molar-refractivity contribution in [3.05, 3.63) is 23.3 Å². The highest BCUT2D eigenvalue weighted by molar-refractivity contribution is 6.00. The molecule has 0 N–H and O–H groups in total. The smallest absolute Gasteiger partial charge is 0.334 e. The van der Waals surface area contributed by atoms with E-state index >= 15 is 0 Å². The predicted molar refractivity (Wildman–Crippen MR) is 64.5 cm³/mol. The number of fused-ring (bicyclic) bond motifs is 6. The number of rotatable bonds is 0. The van der Waals surface area contributed by atoms with Crippen LogP contribution in [0.25, 0.3) is 0 Å². The van der Waals surface area contributed by atoms with Crippen LogP contribution in [0.1, 0.15) is 26.7 Å². The van der Waals surface area contributed by atoms with E-state index in [4.69, 9.17) is 4.74 Å². The summed E-state index contributed by atoms with van der Waals surface area (Å²) in [6.45, 7) is 8.04. The first-order chi connectivity index (χ1) is 8.45. The van der Waals surface area contributed by atoms with Crippen molar-refractivity contribution < 1.29 is 14.3 Å². The molecular weight excluding hydrogens is 228 g/mol. The topological polar surface area (TPSA) is 43.4 Å². The average molecular weight is 244 g/mol. The lowest BCUT2D eigenvalue weighted by Crippen LogP contribution is -2.35. The van der Waals surface area contributed by atoms with Gasteiger partial charge in [0.25, 0.3) is 0 Å². The van der Waals surface area contributed by atoms with Crippen LogP contribution in [-0.4, -0.2) is 17.9 Å². The zero-order valence-electron chi connectivity index (χ0n) is 10.7. The quantitative estimate of drug-likeness (QED) is 0.483. The molecule has 0 radical (unpaired) electrons. The first-order valence-electron chi connectivity index (χ1n) is 6.59. The van der Waals surface area contributed by atoms with Gasteiger partial charge in [-0.15, -0.1) is 0 Å². The largest absolute Gasteiger partial charge is 0.454 e. The van der Waals surface area contributed by atoms with E-state index in [1.807, 2.05) is 6.92 Å². The molecule has 0 aromatic rings. The van der Waals surface area contributed by atoms with Gasteiger partial charge in [0.15, 0.2) is 5.78 Å². The van der Waals surface area contributed by atoms with E-state index in [1.165, 1.54) is 0 Å². The minimum atomic E-state index is -0.264. The summed E-state index contributed by atoms with van der Waals surface area (Å²) in [4.78, 5) is 23.7. The van der Waals surface area contributed by atoms with Gasteiger partial charge >= 0.3 is 5.97 Å². The van der Waals surface area contributed by atoms with Gasteiger partial charge < -0.3 is 4.74 Å². The predicted octanol–water partition coefficient (Wildman–Crippen LogP) is 2.03.